The second-order valence-electron chi connectivity index (χ2n) is 10.9. The van der Waals surface area contributed by atoms with E-state index in [1.165, 1.54) is 113 Å². The summed E-state index contributed by atoms with van der Waals surface area (Å²) in [6.07, 6.45) is 21.0. The van der Waals surface area contributed by atoms with E-state index in [1.54, 1.807) is 11.1 Å². The molecule has 0 aromatic heterocycles. The molecule has 0 amide bonds. The zero-order valence-corrected chi connectivity index (χ0v) is 20.9. The molecule has 0 spiro atoms. The first-order valence-electron chi connectivity index (χ1n) is 14.0. The van der Waals surface area contributed by atoms with Crippen LogP contribution in [0.15, 0.2) is 42.5 Å². The van der Waals surface area contributed by atoms with E-state index < -0.39 is 0 Å². The number of hydrogen-bond acceptors (Lipinski definition) is 0. The van der Waals surface area contributed by atoms with E-state index in [0.29, 0.717) is 0 Å². The molecule has 1 fully saturated rings. The molecule has 2 aromatic carbocycles. The number of rotatable bonds is 10. The topological polar surface area (TPSA) is 0 Å². The van der Waals surface area contributed by atoms with Crippen molar-refractivity contribution >= 4 is 0 Å². The lowest BCUT2D eigenvalue weighted by Gasteiger charge is -2.36. The van der Waals surface area contributed by atoms with Crippen molar-refractivity contribution in [1.82, 2.24) is 0 Å². The Morgan fingerprint density at radius 1 is 0.656 bits per heavy atom. The predicted octanol–water partition coefficient (Wildman–Crippen LogP) is 9.58. The number of aryl methyl sites for hydroxylation is 2. The van der Waals surface area contributed by atoms with Crippen molar-refractivity contribution in [3.8, 4) is 11.1 Å². The molecule has 0 heterocycles. The van der Waals surface area contributed by atoms with Crippen LogP contribution in [0.2, 0.25) is 0 Å². The lowest BCUT2D eigenvalue weighted by Crippen LogP contribution is -2.26. The van der Waals surface area contributed by atoms with Crippen LogP contribution in [0.4, 0.5) is 0 Å². The van der Waals surface area contributed by atoms with E-state index in [2.05, 4.69) is 56.3 Å². The summed E-state index contributed by atoms with van der Waals surface area (Å²) >= 11 is 0. The molecule has 0 heteroatoms. The Kier molecular flexibility index (Phi) is 8.89. The van der Waals surface area contributed by atoms with Gasteiger partial charge in [0, 0.05) is 0 Å². The fourth-order valence-electron chi connectivity index (χ4n) is 6.44. The molecule has 1 unspecified atom stereocenters. The quantitative estimate of drug-likeness (QED) is 0.329. The largest absolute Gasteiger partial charge is 0.0654 e. The normalized spacial score (nSPS) is 23.1. The van der Waals surface area contributed by atoms with Gasteiger partial charge in [0.15, 0.2) is 0 Å². The van der Waals surface area contributed by atoms with Crippen LogP contribution >= 0.6 is 0 Å². The molecule has 2 aliphatic rings. The minimum Gasteiger partial charge on any atom is -0.0654 e. The maximum atomic E-state index is 2.50. The molecule has 32 heavy (non-hydrogen) atoms. The summed E-state index contributed by atoms with van der Waals surface area (Å²) in [5.41, 5.74) is 7.55. The first kappa shape index (κ1) is 23.6. The molecular formula is C32H46. The fourth-order valence-corrected chi connectivity index (χ4v) is 6.44. The minimum absolute atomic E-state index is 0.937. The molecular weight excluding hydrogens is 384 g/mol. The van der Waals surface area contributed by atoms with Crippen molar-refractivity contribution in [2.75, 3.05) is 0 Å². The highest BCUT2D eigenvalue weighted by Gasteiger charge is 2.30. The Bertz CT molecular complexity index is 806. The Labute approximate surface area is 198 Å². The van der Waals surface area contributed by atoms with Crippen LogP contribution in [0.25, 0.3) is 11.1 Å². The van der Waals surface area contributed by atoms with Crippen molar-refractivity contribution in [3.63, 3.8) is 0 Å². The van der Waals surface area contributed by atoms with Gasteiger partial charge in [-0.25, -0.2) is 0 Å². The van der Waals surface area contributed by atoms with Gasteiger partial charge in [0.25, 0.3) is 0 Å². The lowest BCUT2D eigenvalue weighted by atomic mass is 9.69. The molecule has 0 N–H and O–H groups in total. The van der Waals surface area contributed by atoms with Crippen molar-refractivity contribution in [2.45, 2.75) is 110 Å². The van der Waals surface area contributed by atoms with Crippen molar-refractivity contribution in [3.05, 3.63) is 59.2 Å². The van der Waals surface area contributed by atoms with Gasteiger partial charge in [0.2, 0.25) is 0 Å². The smallest absolute Gasteiger partial charge is 0.0181 e. The second-order valence-corrected chi connectivity index (χ2v) is 10.9. The second kappa shape index (κ2) is 12.1. The Hall–Kier alpha value is -1.56. The molecule has 2 aromatic rings. The van der Waals surface area contributed by atoms with Gasteiger partial charge in [-0.1, -0.05) is 108 Å². The Morgan fingerprint density at radius 2 is 1.38 bits per heavy atom. The zero-order chi connectivity index (χ0) is 22.2. The third-order valence-corrected chi connectivity index (χ3v) is 8.60. The van der Waals surface area contributed by atoms with E-state index in [0.717, 1.165) is 17.8 Å². The lowest BCUT2D eigenvalue weighted by molar-refractivity contribution is 0.183. The molecule has 0 nitrogen and oxygen atoms in total. The van der Waals surface area contributed by atoms with Gasteiger partial charge < -0.3 is 0 Å². The van der Waals surface area contributed by atoms with Crippen LogP contribution in [0.5, 0.6) is 0 Å². The molecule has 0 radical (unpaired) electrons. The van der Waals surface area contributed by atoms with E-state index in [4.69, 9.17) is 0 Å². The Balaban J connectivity index is 1.31. The monoisotopic (exact) mass is 430 g/mol. The predicted molar refractivity (Wildman–Crippen MR) is 140 cm³/mol. The van der Waals surface area contributed by atoms with Gasteiger partial charge in [-0.15, -0.1) is 0 Å². The standard InChI is InChI=1S/C32H46/c1-3-5-7-9-25-11-15-27(16-12-25)29-19-21-32-24-30(20-22-31(32)23-29)28-17-13-26(14-18-28)10-8-6-4-2/h11-12,15-16,19,21,23,26,28,30H,3-10,13-14,17-18,20,22,24H2,1-2H3. The molecule has 0 aliphatic heterocycles. The highest BCUT2D eigenvalue weighted by molar-refractivity contribution is 5.65. The van der Waals surface area contributed by atoms with Gasteiger partial charge in [-0.2, -0.15) is 0 Å². The summed E-state index contributed by atoms with van der Waals surface area (Å²) in [5.74, 6) is 2.96. The van der Waals surface area contributed by atoms with Crippen molar-refractivity contribution in [2.24, 2.45) is 17.8 Å². The average molecular weight is 431 g/mol. The maximum Gasteiger partial charge on any atom is -0.0181 e. The maximum absolute atomic E-state index is 2.50. The molecule has 0 bridgehead atoms. The van der Waals surface area contributed by atoms with Crippen LogP contribution < -0.4 is 0 Å². The van der Waals surface area contributed by atoms with Gasteiger partial charge in [-0.3, -0.25) is 0 Å². The molecule has 1 saturated carbocycles. The summed E-state index contributed by atoms with van der Waals surface area (Å²) in [7, 11) is 0. The van der Waals surface area contributed by atoms with Gasteiger partial charge in [-0.05, 0) is 90.5 Å². The summed E-state index contributed by atoms with van der Waals surface area (Å²) in [4.78, 5) is 0. The minimum atomic E-state index is 0.937. The van der Waals surface area contributed by atoms with Crippen LogP contribution in [0.1, 0.15) is 108 Å². The van der Waals surface area contributed by atoms with Crippen molar-refractivity contribution < 1.29 is 0 Å². The third kappa shape index (κ3) is 6.27. The summed E-state index contributed by atoms with van der Waals surface area (Å²) in [5, 5.41) is 0. The molecule has 0 saturated heterocycles. The Morgan fingerprint density at radius 3 is 2.12 bits per heavy atom. The van der Waals surface area contributed by atoms with Crippen molar-refractivity contribution in [1.29, 1.82) is 0 Å². The van der Waals surface area contributed by atoms with E-state index >= 15 is 0 Å². The summed E-state index contributed by atoms with van der Waals surface area (Å²) in [6.45, 7) is 4.60. The molecule has 2 aliphatic carbocycles. The fraction of sp³-hybridized carbons (Fsp3) is 0.625. The van der Waals surface area contributed by atoms with Crippen LogP contribution in [0, 0.1) is 17.8 Å². The van der Waals surface area contributed by atoms with Gasteiger partial charge >= 0.3 is 0 Å². The van der Waals surface area contributed by atoms with E-state index in [1.807, 2.05) is 0 Å². The number of unbranched alkanes of at least 4 members (excludes halogenated alkanes) is 4. The van der Waals surface area contributed by atoms with Crippen LogP contribution in [-0.2, 0) is 19.3 Å². The SMILES string of the molecule is CCCCCc1ccc(-c2ccc3c(c2)CCC(C2CCC(CCCCC)CC2)C3)cc1. The van der Waals surface area contributed by atoms with Gasteiger partial charge in [0.1, 0.15) is 0 Å². The van der Waals surface area contributed by atoms with Gasteiger partial charge in [0.05, 0.1) is 0 Å². The number of benzene rings is 2. The third-order valence-electron chi connectivity index (χ3n) is 8.60. The molecule has 4 rings (SSSR count). The van der Waals surface area contributed by atoms with E-state index in [9.17, 15) is 0 Å². The first-order chi connectivity index (χ1) is 15.8. The van der Waals surface area contributed by atoms with E-state index in [-0.39, 0.29) is 0 Å². The molecule has 174 valence electrons. The number of fused-ring (bicyclic) bond motifs is 1. The van der Waals surface area contributed by atoms with Crippen LogP contribution in [-0.4, -0.2) is 0 Å². The van der Waals surface area contributed by atoms with Crippen LogP contribution in [0.3, 0.4) is 0 Å². The summed E-state index contributed by atoms with van der Waals surface area (Å²) < 4.78 is 0. The molecule has 1 atom stereocenters. The first-order valence-corrected chi connectivity index (χ1v) is 14.0. The number of hydrogen-bond donors (Lipinski definition) is 0. The highest BCUT2D eigenvalue weighted by Crippen LogP contribution is 2.41. The average Bonchev–Trinajstić information content (AvgIpc) is 2.85. The highest BCUT2D eigenvalue weighted by atomic mass is 14.3. The zero-order valence-electron chi connectivity index (χ0n) is 20.9. The summed E-state index contributed by atoms with van der Waals surface area (Å²) in [6, 6.07) is 16.7.